The van der Waals surface area contributed by atoms with E-state index in [1.54, 1.807) is 25.3 Å². The number of fused-ring (bicyclic) bond motifs is 5. The van der Waals surface area contributed by atoms with Gasteiger partial charge in [-0.3, -0.25) is 4.65 Å². The number of ether oxygens (including phenoxy) is 1. The molecule has 0 aliphatic carbocycles. The monoisotopic (exact) mass is 478 g/mol. The van der Waals surface area contributed by atoms with Gasteiger partial charge in [-0.1, -0.05) is 17.7 Å². The molecule has 0 saturated carbocycles. The lowest BCUT2D eigenvalue weighted by Crippen LogP contribution is -2.51. The molecule has 1 amide bonds. The summed E-state index contributed by atoms with van der Waals surface area (Å²) < 4.78 is 5.58. The highest BCUT2D eigenvalue weighted by Crippen LogP contribution is 2.53. The summed E-state index contributed by atoms with van der Waals surface area (Å²) in [6.45, 7) is 4.00. The highest BCUT2D eigenvalue weighted by Gasteiger charge is 2.48. The lowest BCUT2D eigenvalue weighted by Gasteiger charge is -2.45. The Morgan fingerprint density at radius 1 is 1.33 bits per heavy atom. The van der Waals surface area contributed by atoms with E-state index in [0.29, 0.717) is 38.2 Å². The molecule has 0 radical (unpaired) electrons. The summed E-state index contributed by atoms with van der Waals surface area (Å²) in [6.07, 6.45) is 1.72. The molecule has 2 aliphatic heterocycles. The first-order valence-electron chi connectivity index (χ1n) is 10.2. The van der Waals surface area contributed by atoms with Crippen molar-refractivity contribution < 1.29 is 9.53 Å². The second-order valence-electron chi connectivity index (χ2n) is 8.24. The molecule has 33 heavy (non-hydrogen) atoms. The summed E-state index contributed by atoms with van der Waals surface area (Å²) in [4.78, 5) is 18.9. The number of aryl methyl sites for hydroxylation is 1. The van der Waals surface area contributed by atoms with E-state index in [-0.39, 0.29) is 12.3 Å². The molecule has 5 rings (SSSR count). The number of hydrogen-bond donors (Lipinski definition) is 1. The molecule has 0 saturated heterocycles. The number of anilines is 1. The van der Waals surface area contributed by atoms with Gasteiger partial charge >= 0.3 is 5.91 Å². The molecule has 2 aliphatic rings. The third-order valence-corrected chi connectivity index (χ3v) is 7.30. The molecule has 0 bridgehead atoms. The minimum atomic E-state index is -1.21. The van der Waals surface area contributed by atoms with Crippen molar-refractivity contribution in [2.24, 2.45) is 0 Å². The lowest BCUT2D eigenvalue weighted by molar-refractivity contribution is -0.123. The first kappa shape index (κ1) is 21.6. The molecule has 9 heteroatoms. The van der Waals surface area contributed by atoms with E-state index in [1.807, 2.05) is 19.1 Å². The number of hydrogen-bond acceptors (Lipinski definition) is 7. The third-order valence-electron chi connectivity index (χ3n) is 6.09. The second kappa shape index (κ2) is 7.68. The molecule has 0 fully saturated rings. The van der Waals surface area contributed by atoms with Gasteiger partial charge < -0.3 is 15.3 Å². The zero-order valence-corrected chi connectivity index (χ0v) is 19.7. The highest BCUT2D eigenvalue weighted by atomic mass is 35.5. The number of halogens is 1. The van der Waals surface area contributed by atoms with Crippen LogP contribution in [-0.4, -0.2) is 17.9 Å². The number of benzene rings is 1. The Balaban J connectivity index is 1.72. The molecule has 2 atom stereocenters. The van der Waals surface area contributed by atoms with E-state index in [2.05, 4.69) is 16.4 Å². The van der Waals surface area contributed by atoms with Crippen LogP contribution in [0.15, 0.2) is 47.8 Å². The molecule has 2 unspecified atom stereocenters. The topological polar surface area (TPSA) is 98.1 Å². The number of carbonyl (C=O) groups excluding carboxylic acids is 1. The van der Waals surface area contributed by atoms with Gasteiger partial charge in [-0.2, -0.15) is 5.26 Å². The number of amides is 1. The Hall–Kier alpha value is -3.22. The molecule has 4 heterocycles. The van der Waals surface area contributed by atoms with Crippen LogP contribution in [0.25, 0.3) is 0 Å². The maximum Gasteiger partial charge on any atom is 0.349 e. The van der Waals surface area contributed by atoms with Crippen LogP contribution in [0.5, 0.6) is 5.88 Å². The van der Waals surface area contributed by atoms with Crippen LogP contribution in [0.4, 0.5) is 11.4 Å². The van der Waals surface area contributed by atoms with E-state index in [0.717, 1.165) is 16.1 Å². The quantitative estimate of drug-likeness (QED) is 0.402. The molecule has 1 N–H and O–H groups in total. The summed E-state index contributed by atoms with van der Waals surface area (Å²) in [6, 6.07) is 10.7. The number of rotatable bonds is 3. The zero-order chi connectivity index (χ0) is 23.5. The Morgan fingerprint density at radius 2 is 2.12 bits per heavy atom. The van der Waals surface area contributed by atoms with Gasteiger partial charge in [0.25, 0.3) is 0 Å². The van der Waals surface area contributed by atoms with Crippen molar-refractivity contribution >= 4 is 40.2 Å². The molecule has 7 nitrogen and oxygen atoms in total. The van der Waals surface area contributed by atoms with Crippen LogP contribution in [-0.2, 0) is 11.4 Å². The smallest absolute Gasteiger partial charge is 0.349 e. The van der Waals surface area contributed by atoms with Gasteiger partial charge in [0.1, 0.15) is 12.3 Å². The van der Waals surface area contributed by atoms with Crippen LogP contribution < -0.4 is 14.7 Å². The number of aromatic nitrogens is 1. The minimum absolute atomic E-state index is 0.256. The summed E-state index contributed by atoms with van der Waals surface area (Å²) >= 11 is 7.47. The summed E-state index contributed by atoms with van der Waals surface area (Å²) in [5.74, 6) is -0.727. The van der Waals surface area contributed by atoms with Crippen LogP contribution in [0.3, 0.4) is 0 Å². The molecular formula is C24H19ClN4O3S. The van der Waals surface area contributed by atoms with E-state index < -0.39 is 16.5 Å². The minimum Gasteiger partial charge on any atom is -0.620 e. The van der Waals surface area contributed by atoms with Gasteiger partial charge in [0.2, 0.25) is 5.88 Å². The second-order valence-corrected chi connectivity index (χ2v) is 10.0. The van der Waals surface area contributed by atoms with E-state index in [4.69, 9.17) is 16.3 Å². The number of nitriles is 1. The molecular weight excluding hydrogens is 460 g/mol. The van der Waals surface area contributed by atoms with Crippen molar-refractivity contribution in [3.63, 3.8) is 0 Å². The summed E-state index contributed by atoms with van der Waals surface area (Å²) in [5, 5.41) is 26.2. The van der Waals surface area contributed by atoms with Crippen LogP contribution in [0.2, 0.25) is 4.34 Å². The molecule has 166 valence electrons. The average molecular weight is 479 g/mol. The number of pyridine rings is 1. The third kappa shape index (κ3) is 3.33. The Labute approximate surface area is 199 Å². The van der Waals surface area contributed by atoms with Crippen LogP contribution >= 0.6 is 22.9 Å². The number of allylic oxidation sites excluding steroid dienone is 1. The van der Waals surface area contributed by atoms with Gasteiger partial charge in [0.05, 0.1) is 45.8 Å². The van der Waals surface area contributed by atoms with Crippen LogP contribution in [0.1, 0.15) is 40.0 Å². The summed E-state index contributed by atoms with van der Waals surface area (Å²) in [7, 11) is 1.31. The number of likely N-dealkylation sites (N-methyl/N-ethyl adjacent to an activating group) is 1. The maximum absolute atomic E-state index is 13.5. The number of nitrogens with zero attached hydrogens (tertiary/aromatic N) is 3. The molecule has 1 aromatic carbocycles. The molecule has 0 spiro atoms. The average Bonchev–Trinajstić information content (AvgIpc) is 3.21. The first-order valence-corrected chi connectivity index (χ1v) is 11.4. The van der Waals surface area contributed by atoms with Crippen molar-refractivity contribution in [1.29, 1.82) is 5.26 Å². The normalized spacial score (nSPS) is 21.0. The number of hydroxylamine groups is 2. The van der Waals surface area contributed by atoms with Crippen molar-refractivity contribution in [3.05, 3.63) is 84.5 Å². The van der Waals surface area contributed by atoms with Crippen molar-refractivity contribution in [3.8, 4) is 11.9 Å². The maximum atomic E-state index is 13.5. The largest absolute Gasteiger partial charge is 0.620 e. The Morgan fingerprint density at radius 3 is 2.82 bits per heavy atom. The first-order chi connectivity index (χ1) is 15.7. The fourth-order valence-corrected chi connectivity index (χ4v) is 5.50. The fourth-order valence-electron chi connectivity index (χ4n) is 4.50. The van der Waals surface area contributed by atoms with Gasteiger partial charge in [-0.05, 0) is 37.6 Å². The number of nitrogens with one attached hydrogen (secondary N) is 1. The Kier molecular flexibility index (Phi) is 5.03. The number of thiophene rings is 1. The van der Waals surface area contributed by atoms with Crippen molar-refractivity contribution in [1.82, 2.24) is 9.63 Å². The van der Waals surface area contributed by atoms with E-state index in [9.17, 15) is 15.3 Å². The Bertz CT molecular complexity index is 1400. The van der Waals surface area contributed by atoms with Crippen LogP contribution in [0, 0.1) is 23.5 Å². The molecule has 2 aromatic heterocycles. The standard InChI is InChI=1S/C24H19ClN4O3S/c1-12-10-27-23(32-11-15-5-7-18(25)33-15)21-20-16-6-4-14(9-26)8-17(16)29(3,31)24(30)19(20)13(2)28-22(12)21/h4-8,10,20,28H,11H2,1-3H3. The van der Waals surface area contributed by atoms with Crippen molar-refractivity contribution in [2.75, 3.05) is 12.4 Å². The molecule has 3 aromatic rings. The van der Waals surface area contributed by atoms with Gasteiger partial charge in [-0.25, -0.2) is 9.78 Å². The van der Waals surface area contributed by atoms with Gasteiger partial charge in [0, 0.05) is 28.4 Å². The van der Waals surface area contributed by atoms with Gasteiger partial charge in [-0.15, -0.1) is 11.3 Å². The predicted molar refractivity (Wildman–Crippen MR) is 128 cm³/mol. The SMILES string of the molecule is CC1=C2C(=O)[N+](C)([O-])c3cc(C#N)ccc3C2c2c(OCc3ccc(Cl)s3)ncc(C)c2N1. The van der Waals surface area contributed by atoms with E-state index >= 15 is 0 Å². The highest BCUT2D eigenvalue weighted by molar-refractivity contribution is 7.16. The zero-order valence-electron chi connectivity index (χ0n) is 18.1. The van der Waals surface area contributed by atoms with Crippen molar-refractivity contribution in [2.45, 2.75) is 26.4 Å². The van der Waals surface area contributed by atoms with E-state index in [1.165, 1.54) is 24.5 Å². The fraction of sp³-hybridized carbons (Fsp3) is 0.208. The number of carbonyl (C=O) groups is 1. The lowest BCUT2D eigenvalue weighted by atomic mass is 9.76. The summed E-state index contributed by atoms with van der Waals surface area (Å²) in [5.41, 5.74) is 4.66. The van der Waals surface area contributed by atoms with Gasteiger partial charge in [0.15, 0.2) is 0 Å². The predicted octanol–water partition coefficient (Wildman–Crippen LogP) is 5.36. The number of quaternary nitrogens is 1.